The molecule has 2 fully saturated rings. The number of nitrogens with zero attached hydrogens (tertiary/aromatic N) is 1. The first kappa shape index (κ1) is 16.9. The summed E-state index contributed by atoms with van der Waals surface area (Å²) in [5.41, 5.74) is 1.21. The molecule has 0 spiro atoms. The van der Waals surface area contributed by atoms with Gasteiger partial charge in [-0.25, -0.2) is 0 Å². The van der Waals surface area contributed by atoms with Crippen LogP contribution in [0.25, 0.3) is 0 Å². The van der Waals surface area contributed by atoms with Crippen molar-refractivity contribution in [3.05, 3.63) is 28.8 Å². The summed E-state index contributed by atoms with van der Waals surface area (Å²) in [5, 5.41) is 4.44. The molecule has 21 heavy (non-hydrogen) atoms. The van der Waals surface area contributed by atoms with Crippen molar-refractivity contribution < 1.29 is 4.74 Å². The molecule has 1 aromatic carbocycles. The molecule has 0 saturated carbocycles. The van der Waals surface area contributed by atoms with Gasteiger partial charge in [0.05, 0.1) is 11.6 Å². The number of likely N-dealkylation sites (tertiary alicyclic amines) is 1. The van der Waals surface area contributed by atoms with Crippen LogP contribution in [0.4, 0.5) is 0 Å². The van der Waals surface area contributed by atoms with Gasteiger partial charge in [0.25, 0.3) is 0 Å². The molecular formula is C16H24Cl2N2O. The number of ether oxygens (including phenoxy) is 1. The molecule has 1 aromatic rings. The molecule has 1 N–H and O–H groups in total. The van der Waals surface area contributed by atoms with Crippen molar-refractivity contribution in [3.63, 3.8) is 0 Å². The van der Waals surface area contributed by atoms with Crippen LogP contribution in [0, 0.1) is 0 Å². The number of rotatable bonds is 4. The molecule has 3 rings (SSSR count). The van der Waals surface area contributed by atoms with Crippen LogP contribution in [0.2, 0.25) is 5.02 Å². The number of para-hydroxylation sites is 1. The first-order chi connectivity index (χ1) is 9.76. The largest absolute Gasteiger partial charge is 0.492 e. The summed E-state index contributed by atoms with van der Waals surface area (Å²) in [6, 6.07) is 7.38. The number of hydrogen-bond donors (Lipinski definition) is 1. The van der Waals surface area contributed by atoms with E-state index < -0.39 is 0 Å². The van der Waals surface area contributed by atoms with Crippen molar-refractivity contribution in [1.29, 1.82) is 0 Å². The van der Waals surface area contributed by atoms with Gasteiger partial charge in [0.1, 0.15) is 5.75 Å². The average molecular weight is 331 g/mol. The Balaban J connectivity index is 0.00000161. The van der Waals surface area contributed by atoms with Gasteiger partial charge in [-0.1, -0.05) is 30.2 Å². The lowest BCUT2D eigenvalue weighted by atomic mass is 9.94. The molecule has 2 bridgehead atoms. The van der Waals surface area contributed by atoms with Gasteiger partial charge >= 0.3 is 0 Å². The lowest BCUT2D eigenvalue weighted by molar-refractivity contribution is 0.118. The summed E-state index contributed by atoms with van der Waals surface area (Å²) in [4.78, 5) is 2.54. The van der Waals surface area contributed by atoms with E-state index in [1.54, 1.807) is 0 Å². The minimum atomic E-state index is 0. The topological polar surface area (TPSA) is 24.5 Å². The van der Waals surface area contributed by atoms with Crippen molar-refractivity contribution in [1.82, 2.24) is 10.2 Å². The number of benzene rings is 1. The SMILES string of the molecule is CCOc1c(Cl)cccc1CN1CC2CCCC(C1)N2.Cl. The normalized spacial score (nSPS) is 25.2. The van der Waals surface area contributed by atoms with Crippen LogP contribution in [0.1, 0.15) is 31.7 Å². The predicted octanol–water partition coefficient (Wildman–Crippen LogP) is 3.49. The van der Waals surface area contributed by atoms with E-state index in [0.29, 0.717) is 18.7 Å². The number of piperazine rings is 1. The molecule has 118 valence electrons. The first-order valence-electron chi connectivity index (χ1n) is 7.65. The smallest absolute Gasteiger partial charge is 0.142 e. The summed E-state index contributed by atoms with van der Waals surface area (Å²) >= 11 is 6.27. The van der Waals surface area contributed by atoms with Crippen LogP contribution < -0.4 is 10.1 Å². The van der Waals surface area contributed by atoms with Gasteiger partial charge in [0.15, 0.2) is 0 Å². The van der Waals surface area contributed by atoms with E-state index in [1.165, 1.54) is 24.8 Å². The van der Waals surface area contributed by atoms with Gasteiger partial charge in [-0.3, -0.25) is 4.90 Å². The van der Waals surface area contributed by atoms with Gasteiger partial charge in [-0.05, 0) is 25.8 Å². The minimum absolute atomic E-state index is 0. The molecule has 0 radical (unpaired) electrons. The fourth-order valence-corrected chi connectivity index (χ4v) is 3.70. The zero-order valence-corrected chi connectivity index (χ0v) is 14.1. The predicted molar refractivity (Wildman–Crippen MR) is 89.7 cm³/mol. The molecule has 2 saturated heterocycles. The monoisotopic (exact) mass is 330 g/mol. The quantitative estimate of drug-likeness (QED) is 0.914. The summed E-state index contributed by atoms with van der Waals surface area (Å²) in [7, 11) is 0. The Morgan fingerprint density at radius 2 is 2.00 bits per heavy atom. The molecule has 3 nitrogen and oxygen atoms in total. The molecule has 0 amide bonds. The first-order valence-corrected chi connectivity index (χ1v) is 8.02. The van der Waals surface area contributed by atoms with Crippen LogP contribution in [0.5, 0.6) is 5.75 Å². The number of nitrogens with one attached hydrogen (secondary N) is 1. The van der Waals surface area contributed by atoms with Crippen LogP contribution in [-0.4, -0.2) is 36.7 Å². The Morgan fingerprint density at radius 3 is 2.67 bits per heavy atom. The molecule has 0 aliphatic carbocycles. The van der Waals surface area contributed by atoms with E-state index >= 15 is 0 Å². The molecule has 2 aliphatic heterocycles. The molecule has 2 unspecified atom stereocenters. The van der Waals surface area contributed by atoms with E-state index in [4.69, 9.17) is 16.3 Å². The number of fused-ring (bicyclic) bond motifs is 2. The fourth-order valence-electron chi connectivity index (χ4n) is 3.45. The number of hydrogen-bond acceptors (Lipinski definition) is 3. The second-order valence-electron chi connectivity index (χ2n) is 5.85. The summed E-state index contributed by atoms with van der Waals surface area (Å²) in [5.74, 6) is 0.861. The maximum Gasteiger partial charge on any atom is 0.142 e. The van der Waals surface area contributed by atoms with E-state index in [1.807, 2.05) is 19.1 Å². The highest BCUT2D eigenvalue weighted by Crippen LogP contribution is 2.30. The van der Waals surface area contributed by atoms with Crippen molar-refractivity contribution >= 4 is 24.0 Å². The number of piperidine rings is 1. The molecule has 2 heterocycles. The third-order valence-corrected chi connectivity index (χ3v) is 4.56. The second-order valence-corrected chi connectivity index (χ2v) is 6.25. The summed E-state index contributed by atoms with van der Waals surface area (Å²) in [6.45, 7) is 5.86. The van der Waals surface area contributed by atoms with Crippen LogP contribution in [-0.2, 0) is 6.54 Å². The van der Waals surface area contributed by atoms with E-state index in [9.17, 15) is 0 Å². The van der Waals surface area contributed by atoms with Gasteiger partial charge in [0, 0.05) is 37.3 Å². The van der Waals surface area contributed by atoms with Crippen molar-refractivity contribution in [2.24, 2.45) is 0 Å². The van der Waals surface area contributed by atoms with Gasteiger partial charge in [-0.15, -0.1) is 12.4 Å². The van der Waals surface area contributed by atoms with Crippen LogP contribution in [0.15, 0.2) is 18.2 Å². The Hall–Kier alpha value is -0.480. The maximum absolute atomic E-state index is 6.27. The highest BCUT2D eigenvalue weighted by molar-refractivity contribution is 6.32. The molecule has 2 atom stereocenters. The van der Waals surface area contributed by atoms with Gasteiger partial charge < -0.3 is 10.1 Å². The van der Waals surface area contributed by atoms with Crippen LogP contribution in [0.3, 0.4) is 0 Å². The Kier molecular flexibility index (Phi) is 6.18. The highest BCUT2D eigenvalue weighted by atomic mass is 35.5. The lowest BCUT2D eigenvalue weighted by Crippen LogP contribution is -2.58. The van der Waals surface area contributed by atoms with Gasteiger partial charge in [-0.2, -0.15) is 0 Å². The van der Waals surface area contributed by atoms with Crippen molar-refractivity contribution in [2.75, 3.05) is 19.7 Å². The van der Waals surface area contributed by atoms with E-state index in [0.717, 1.165) is 30.4 Å². The zero-order chi connectivity index (χ0) is 13.9. The van der Waals surface area contributed by atoms with E-state index in [2.05, 4.69) is 16.3 Å². The maximum atomic E-state index is 6.27. The molecule has 2 aliphatic rings. The van der Waals surface area contributed by atoms with Crippen molar-refractivity contribution in [3.8, 4) is 5.75 Å². The third-order valence-electron chi connectivity index (χ3n) is 4.26. The number of halogens is 2. The lowest BCUT2D eigenvalue weighted by Gasteiger charge is -2.42. The fraction of sp³-hybridized carbons (Fsp3) is 0.625. The van der Waals surface area contributed by atoms with E-state index in [-0.39, 0.29) is 12.4 Å². The van der Waals surface area contributed by atoms with Gasteiger partial charge in [0.2, 0.25) is 0 Å². The third kappa shape index (κ3) is 4.04. The second kappa shape index (κ2) is 7.68. The average Bonchev–Trinajstić information content (AvgIpc) is 2.42. The summed E-state index contributed by atoms with van der Waals surface area (Å²) < 4.78 is 5.73. The zero-order valence-electron chi connectivity index (χ0n) is 12.5. The Morgan fingerprint density at radius 1 is 1.29 bits per heavy atom. The molecule has 0 aromatic heterocycles. The molecule has 5 heteroatoms. The summed E-state index contributed by atoms with van der Waals surface area (Å²) in [6.07, 6.45) is 3.99. The minimum Gasteiger partial charge on any atom is -0.492 e. The standard InChI is InChI=1S/C16H23ClN2O.ClH/c1-2-20-16-12(5-3-8-15(16)17)9-19-10-13-6-4-7-14(11-19)18-13;/h3,5,8,13-14,18H,2,4,6-7,9-11H2,1H3;1H. The molecular weight excluding hydrogens is 307 g/mol. The van der Waals surface area contributed by atoms with Crippen molar-refractivity contribution in [2.45, 2.75) is 44.8 Å². The van der Waals surface area contributed by atoms with Crippen LogP contribution >= 0.6 is 24.0 Å². The Bertz CT molecular complexity index is 458. The highest BCUT2D eigenvalue weighted by Gasteiger charge is 2.29. The Labute approximate surface area is 138 Å².